The predicted octanol–water partition coefficient (Wildman–Crippen LogP) is 4.06. The molecule has 3 atom stereocenters. The first-order chi connectivity index (χ1) is 18.3. The molecule has 38 heavy (non-hydrogen) atoms. The Kier molecular flexibility index (Phi) is 5.99. The van der Waals surface area contributed by atoms with Crippen LogP contribution in [0.1, 0.15) is 62.7 Å². The van der Waals surface area contributed by atoms with Crippen molar-refractivity contribution in [1.29, 1.82) is 0 Å². The van der Waals surface area contributed by atoms with Crippen molar-refractivity contribution in [3.05, 3.63) is 106 Å². The Hall–Kier alpha value is -4.04. The zero-order valence-electron chi connectivity index (χ0n) is 20.8. The summed E-state index contributed by atoms with van der Waals surface area (Å²) < 4.78 is 13.6. The van der Waals surface area contributed by atoms with E-state index in [0.717, 1.165) is 16.7 Å². The van der Waals surface area contributed by atoms with Crippen molar-refractivity contribution in [1.82, 2.24) is 15.1 Å². The van der Waals surface area contributed by atoms with Crippen LogP contribution in [0.4, 0.5) is 9.18 Å². The topological polar surface area (TPSA) is 90.0 Å². The number of hydrogen-bond donors (Lipinski definition) is 2. The van der Waals surface area contributed by atoms with Gasteiger partial charge >= 0.3 is 6.03 Å². The lowest BCUT2D eigenvalue weighted by atomic mass is 9.88. The van der Waals surface area contributed by atoms with Crippen LogP contribution in [0, 0.1) is 5.82 Å². The standard InChI is InChI=1S/C30H28FN3O4/c31-21-11-9-20(10-12-21)26-23-6-2-1-5-19(23)14-16-33(26)29(37)32-18-30(38)15-13-22(17-30)34-27(35)24-7-3-4-8-25(24)28(34)36/h1-12,22,26,38H,13-18H2,(H,32,37)/t22?,26-,30?/m0/s1. The number of nitrogens with zero attached hydrogens (tertiary/aromatic N) is 2. The van der Waals surface area contributed by atoms with Crippen molar-refractivity contribution in [2.45, 2.75) is 43.4 Å². The van der Waals surface area contributed by atoms with Gasteiger partial charge in [0.05, 0.1) is 22.8 Å². The van der Waals surface area contributed by atoms with Crippen LogP contribution in [0.2, 0.25) is 0 Å². The normalized spacial score (nSPS) is 24.4. The van der Waals surface area contributed by atoms with Gasteiger partial charge in [-0.1, -0.05) is 48.5 Å². The summed E-state index contributed by atoms with van der Waals surface area (Å²) in [6.45, 7) is 0.473. The first-order valence-electron chi connectivity index (χ1n) is 12.9. The van der Waals surface area contributed by atoms with E-state index in [1.165, 1.54) is 17.0 Å². The van der Waals surface area contributed by atoms with Gasteiger partial charge in [0.25, 0.3) is 11.8 Å². The van der Waals surface area contributed by atoms with Crippen molar-refractivity contribution >= 4 is 17.8 Å². The van der Waals surface area contributed by atoms with Crippen molar-refractivity contribution < 1.29 is 23.9 Å². The number of imide groups is 1. The van der Waals surface area contributed by atoms with Gasteiger partial charge in [-0.3, -0.25) is 14.5 Å². The molecule has 0 spiro atoms. The number of carbonyl (C=O) groups excluding carboxylic acids is 3. The molecule has 0 aromatic heterocycles. The van der Waals surface area contributed by atoms with Crippen LogP contribution >= 0.6 is 0 Å². The maximum Gasteiger partial charge on any atom is 0.318 e. The Morgan fingerprint density at radius 2 is 1.63 bits per heavy atom. The highest BCUT2D eigenvalue weighted by molar-refractivity contribution is 6.21. The first kappa shape index (κ1) is 24.3. The van der Waals surface area contributed by atoms with E-state index in [1.54, 1.807) is 41.3 Å². The zero-order chi connectivity index (χ0) is 26.4. The summed E-state index contributed by atoms with van der Waals surface area (Å²) in [6, 6.07) is 19.7. The van der Waals surface area contributed by atoms with E-state index in [9.17, 15) is 23.9 Å². The summed E-state index contributed by atoms with van der Waals surface area (Å²) >= 11 is 0. The third-order valence-corrected chi connectivity index (χ3v) is 8.05. The number of hydrogen-bond acceptors (Lipinski definition) is 4. The minimum atomic E-state index is -1.24. The molecular weight excluding hydrogens is 485 g/mol. The fourth-order valence-electron chi connectivity index (χ4n) is 6.13. The van der Waals surface area contributed by atoms with Crippen LogP contribution in [0.5, 0.6) is 0 Å². The molecule has 2 aliphatic heterocycles. The van der Waals surface area contributed by atoms with Gasteiger partial charge in [0.1, 0.15) is 5.82 Å². The SMILES string of the molecule is O=C1c2ccccc2C(=O)N1C1CCC(O)(CNC(=O)N2CCc3ccccc3[C@@H]2c2ccc(F)cc2)C1. The molecule has 7 nitrogen and oxygen atoms in total. The summed E-state index contributed by atoms with van der Waals surface area (Å²) in [4.78, 5) is 42.2. The Labute approximate surface area is 219 Å². The molecule has 2 N–H and O–H groups in total. The number of aliphatic hydroxyl groups is 1. The van der Waals surface area contributed by atoms with E-state index in [1.807, 2.05) is 24.3 Å². The lowest BCUT2D eigenvalue weighted by molar-refractivity contribution is 0.0360. The number of benzene rings is 3. The molecule has 1 aliphatic carbocycles. The van der Waals surface area contributed by atoms with E-state index in [0.29, 0.717) is 36.9 Å². The zero-order valence-corrected chi connectivity index (χ0v) is 20.8. The summed E-state index contributed by atoms with van der Waals surface area (Å²) in [5.74, 6) is -1.01. The third kappa shape index (κ3) is 4.15. The fourth-order valence-corrected chi connectivity index (χ4v) is 6.13. The van der Waals surface area contributed by atoms with Crippen molar-refractivity contribution in [2.24, 2.45) is 0 Å². The van der Waals surface area contributed by atoms with Crippen LogP contribution in [-0.4, -0.2) is 57.5 Å². The van der Waals surface area contributed by atoms with E-state index in [4.69, 9.17) is 0 Å². The average Bonchev–Trinajstić information content (AvgIpc) is 3.44. The number of nitrogens with one attached hydrogen (secondary N) is 1. The molecule has 2 heterocycles. The predicted molar refractivity (Wildman–Crippen MR) is 138 cm³/mol. The highest BCUT2D eigenvalue weighted by Crippen LogP contribution is 2.38. The van der Waals surface area contributed by atoms with E-state index in [-0.39, 0.29) is 42.7 Å². The van der Waals surface area contributed by atoms with Gasteiger partial charge in [-0.25, -0.2) is 9.18 Å². The lowest BCUT2D eigenvalue weighted by Gasteiger charge is -2.38. The van der Waals surface area contributed by atoms with Gasteiger partial charge in [0.2, 0.25) is 0 Å². The second kappa shape index (κ2) is 9.36. The largest absolute Gasteiger partial charge is 0.388 e. The molecule has 0 bridgehead atoms. The van der Waals surface area contributed by atoms with Gasteiger partial charge < -0.3 is 15.3 Å². The second-order valence-corrected chi connectivity index (χ2v) is 10.4. The van der Waals surface area contributed by atoms with Crippen LogP contribution in [0.25, 0.3) is 0 Å². The Balaban J connectivity index is 1.16. The molecule has 4 amide bonds. The van der Waals surface area contributed by atoms with Crippen LogP contribution in [-0.2, 0) is 6.42 Å². The molecule has 3 aromatic rings. The monoisotopic (exact) mass is 513 g/mol. The molecule has 0 saturated heterocycles. The van der Waals surface area contributed by atoms with E-state index < -0.39 is 11.6 Å². The van der Waals surface area contributed by atoms with Crippen molar-refractivity contribution in [2.75, 3.05) is 13.1 Å². The summed E-state index contributed by atoms with van der Waals surface area (Å²) in [6.07, 6.45) is 1.71. The molecule has 3 aliphatic rings. The van der Waals surface area contributed by atoms with E-state index >= 15 is 0 Å². The highest BCUT2D eigenvalue weighted by atomic mass is 19.1. The van der Waals surface area contributed by atoms with E-state index in [2.05, 4.69) is 5.32 Å². The number of rotatable bonds is 4. The molecule has 2 unspecified atom stereocenters. The number of fused-ring (bicyclic) bond motifs is 2. The smallest absolute Gasteiger partial charge is 0.318 e. The van der Waals surface area contributed by atoms with Gasteiger partial charge in [-0.05, 0) is 66.6 Å². The summed E-state index contributed by atoms with van der Waals surface area (Å²) in [5, 5.41) is 14.2. The average molecular weight is 514 g/mol. The molecule has 194 valence electrons. The van der Waals surface area contributed by atoms with Crippen LogP contribution in [0.15, 0.2) is 72.8 Å². The lowest BCUT2D eigenvalue weighted by Crippen LogP contribution is -2.50. The molecule has 8 heteroatoms. The molecule has 3 aromatic carbocycles. The summed E-state index contributed by atoms with van der Waals surface area (Å²) in [7, 11) is 0. The van der Waals surface area contributed by atoms with Crippen LogP contribution in [0.3, 0.4) is 0 Å². The fraction of sp³-hybridized carbons (Fsp3) is 0.300. The van der Waals surface area contributed by atoms with Gasteiger partial charge in [0.15, 0.2) is 0 Å². The first-order valence-corrected chi connectivity index (χ1v) is 12.9. The Morgan fingerprint density at radius 3 is 2.34 bits per heavy atom. The molecular formula is C30H28FN3O4. The highest BCUT2D eigenvalue weighted by Gasteiger charge is 2.47. The molecule has 1 fully saturated rings. The Morgan fingerprint density at radius 1 is 0.974 bits per heavy atom. The van der Waals surface area contributed by atoms with Gasteiger partial charge in [-0.2, -0.15) is 0 Å². The van der Waals surface area contributed by atoms with Crippen molar-refractivity contribution in [3.8, 4) is 0 Å². The van der Waals surface area contributed by atoms with Gasteiger partial charge in [0, 0.05) is 19.1 Å². The maximum absolute atomic E-state index is 13.6. The second-order valence-electron chi connectivity index (χ2n) is 10.4. The number of carbonyl (C=O) groups is 3. The third-order valence-electron chi connectivity index (χ3n) is 8.05. The van der Waals surface area contributed by atoms with Crippen molar-refractivity contribution in [3.63, 3.8) is 0 Å². The van der Waals surface area contributed by atoms with Gasteiger partial charge in [-0.15, -0.1) is 0 Å². The number of urea groups is 1. The Bertz CT molecular complexity index is 1390. The molecule has 1 saturated carbocycles. The molecule has 0 radical (unpaired) electrons. The number of halogens is 1. The minimum Gasteiger partial charge on any atom is -0.388 e. The minimum absolute atomic E-state index is 0.000211. The summed E-state index contributed by atoms with van der Waals surface area (Å²) in [5.41, 5.74) is 2.47. The molecule has 6 rings (SSSR count). The maximum atomic E-state index is 13.6. The number of amides is 4. The quantitative estimate of drug-likeness (QED) is 0.515. The van der Waals surface area contributed by atoms with Crippen LogP contribution < -0.4 is 5.32 Å².